The molecule has 1 heterocycles. The molecule has 0 aliphatic heterocycles. The van der Waals surface area contributed by atoms with Crippen molar-refractivity contribution >= 4 is 33.0 Å². The fourth-order valence-corrected chi connectivity index (χ4v) is 2.82. The van der Waals surface area contributed by atoms with Crippen LogP contribution in [0.2, 0.25) is 5.02 Å². The van der Waals surface area contributed by atoms with Gasteiger partial charge in [0.1, 0.15) is 0 Å². The molecule has 0 atom stereocenters. The van der Waals surface area contributed by atoms with Crippen LogP contribution in [0.4, 0.5) is 0 Å². The van der Waals surface area contributed by atoms with Gasteiger partial charge in [0.05, 0.1) is 0 Å². The molecule has 0 fully saturated rings. The lowest BCUT2D eigenvalue weighted by Gasteiger charge is -1.98. The summed E-state index contributed by atoms with van der Waals surface area (Å²) < 4.78 is 1.25. The molecule has 0 saturated carbocycles. The van der Waals surface area contributed by atoms with E-state index in [1.54, 1.807) is 11.3 Å². The minimum absolute atomic E-state index is 0.678. The molecule has 1 aromatic carbocycles. The minimum atomic E-state index is 0.678. The second-order valence-corrected chi connectivity index (χ2v) is 4.23. The SMILES string of the molecule is NCCc1csc2cccc(Cl)c12. The van der Waals surface area contributed by atoms with Crippen molar-refractivity contribution in [2.45, 2.75) is 6.42 Å². The van der Waals surface area contributed by atoms with Crippen molar-refractivity contribution in [2.75, 3.05) is 6.54 Å². The third-order valence-electron chi connectivity index (χ3n) is 2.04. The number of hydrogen-bond donors (Lipinski definition) is 1. The summed E-state index contributed by atoms with van der Waals surface area (Å²) in [4.78, 5) is 0. The van der Waals surface area contributed by atoms with Crippen LogP contribution < -0.4 is 5.73 Å². The van der Waals surface area contributed by atoms with Crippen LogP contribution in [0.1, 0.15) is 5.56 Å². The molecular formula is C10H10ClNS. The maximum atomic E-state index is 6.11. The summed E-state index contributed by atoms with van der Waals surface area (Å²) >= 11 is 7.83. The van der Waals surface area contributed by atoms with Crippen LogP contribution in [-0.4, -0.2) is 6.54 Å². The summed E-state index contributed by atoms with van der Waals surface area (Å²) in [6.07, 6.45) is 0.906. The van der Waals surface area contributed by atoms with E-state index < -0.39 is 0 Å². The zero-order valence-electron chi connectivity index (χ0n) is 7.09. The van der Waals surface area contributed by atoms with Gasteiger partial charge in [-0.25, -0.2) is 0 Å². The van der Waals surface area contributed by atoms with Gasteiger partial charge in [0.2, 0.25) is 0 Å². The molecule has 13 heavy (non-hydrogen) atoms. The minimum Gasteiger partial charge on any atom is -0.330 e. The summed E-state index contributed by atoms with van der Waals surface area (Å²) in [5, 5.41) is 4.16. The molecule has 2 aromatic rings. The van der Waals surface area contributed by atoms with Crippen molar-refractivity contribution in [3.8, 4) is 0 Å². The quantitative estimate of drug-likeness (QED) is 0.812. The van der Waals surface area contributed by atoms with E-state index in [2.05, 4.69) is 11.4 Å². The van der Waals surface area contributed by atoms with Gasteiger partial charge in [-0.3, -0.25) is 0 Å². The fraction of sp³-hybridized carbons (Fsp3) is 0.200. The predicted octanol–water partition coefficient (Wildman–Crippen LogP) is 3.06. The summed E-state index contributed by atoms with van der Waals surface area (Å²) in [5.41, 5.74) is 6.79. The Balaban J connectivity index is 2.64. The van der Waals surface area contributed by atoms with Gasteiger partial charge in [-0.15, -0.1) is 11.3 Å². The largest absolute Gasteiger partial charge is 0.330 e. The molecule has 0 amide bonds. The van der Waals surface area contributed by atoms with E-state index in [4.69, 9.17) is 17.3 Å². The zero-order valence-corrected chi connectivity index (χ0v) is 8.66. The van der Waals surface area contributed by atoms with Gasteiger partial charge >= 0.3 is 0 Å². The number of thiophene rings is 1. The van der Waals surface area contributed by atoms with Gasteiger partial charge < -0.3 is 5.73 Å². The topological polar surface area (TPSA) is 26.0 Å². The average Bonchev–Trinajstić information content (AvgIpc) is 2.51. The smallest absolute Gasteiger partial charge is 0.0495 e. The Morgan fingerprint density at radius 3 is 3.00 bits per heavy atom. The third-order valence-corrected chi connectivity index (χ3v) is 3.35. The molecular weight excluding hydrogens is 202 g/mol. The Labute approximate surface area is 86.1 Å². The van der Waals surface area contributed by atoms with E-state index >= 15 is 0 Å². The van der Waals surface area contributed by atoms with Gasteiger partial charge in [-0.05, 0) is 36.0 Å². The molecule has 0 radical (unpaired) electrons. The van der Waals surface area contributed by atoms with Crippen molar-refractivity contribution in [3.05, 3.63) is 34.2 Å². The number of fused-ring (bicyclic) bond motifs is 1. The lowest BCUT2D eigenvalue weighted by atomic mass is 10.1. The number of halogens is 1. The second kappa shape index (κ2) is 3.66. The highest BCUT2D eigenvalue weighted by Gasteiger charge is 2.05. The highest BCUT2D eigenvalue weighted by Crippen LogP contribution is 2.31. The van der Waals surface area contributed by atoms with Crippen LogP contribution in [-0.2, 0) is 6.42 Å². The maximum Gasteiger partial charge on any atom is 0.0495 e. The van der Waals surface area contributed by atoms with Crippen LogP contribution in [0, 0.1) is 0 Å². The Kier molecular flexibility index (Phi) is 2.54. The molecule has 0 bridgehead atoms. The van der Waals surface area contributed by atoms with E-state index in [0.29, 0.717) is 6.54 Å². The van der Waals surface area contributed by atoms with Crippen molar-refractivity contribution in [3.63, 3.8) is 0 Å². The Morgan fingerprint density at radius 2 is 2.23 bits per heavy atom. The van der Waals surface area contributed by atoms with E-state index in [1.165, 1.54) is 15.6 Å². The molecule has 0 unspecified atom stereocenters. The average molecular weight is 212 g/mol. The Hall–Kier alpha value is -0.570. The standard InChI is InChI=1S/C10H10ClNS/c11-8-2-1-3-9-10(8)7(4-5-12)6-13-9/h1-3,6H,4-5,12H2. The van der Waals surface area contributed by atoms with E-state index in [1.807, 2.05) is 12.1 Å². The molecule has 1 nitrogen and oxygen atoms in total. The lowest BCUT2D eigenvalue weighted by Crippen LogP contribution is -2.01. The summed E-state index contributed by atoms with van der Waals surface area (Å²) in [6.45, 7) is 0.678. The lowest BCUT2D eigenvalue weighted by molar-refractivity contribution is 0.981. The summed E-state index contributed by atoms with van der Waals surface area (Å²) in [5.74, 6) is 0. The first-order valence-corrected chi connectivity index (χ1v) is 5.43. The van der Waals surface area contributed by atoms with Crippen LogP contribution in [0.3, 0.4) is 0 Å². The molecule has 68 valence electrons. The van der Waals surface area contributed by atoms with Gasteiger partial charge in [0.25, 0.3) is 0 Å². The molecule has 0 aliphatic rings. The van der Waals surface area contributed by atoms with Crippen LogP contribution in [0.15, 0.2) is 23.6 Å². The Morgan fingerprint density at radius 1 is 1.38 bits per heavy atom. The molecule has 1 aromatic heterocycles. The molecule has 2 rings (SSSR count). The van der Waals surface area contributed by atoms with Crippen molar-refractivity contribution in [2.24, 2.45) is 5.73 Å². The fourth-order valence-electron chi connectivity index (χ4n) is 1.45. The zero-order chi connectivity index (χ0) is 9.26. The Bertz CT molecular complexity index is 422. The van der Waals surface area contributed by atoms with E-state index in [-0.39, 0.29) is 0 Å². The van der Waals surface area contributed by atoms with Gasteiger partial charge in [-0.2, -0.15) is 0 Å². The molecule has 0 saturated heterocycles. The number of rotatable bonds is 2. The second-order valence-electron chi connectivity index (χ2n) is 2.91. The van der Waals surface area contributed by atoms with Gasteiger partial charge in [0.15, 0.2) is 0 Å². The first-order valence-electron chi connectivity index (χ1n) is 4.17. The van der Waals surface area contributed by atoms with Gasteiger partial charge in [0, 0.05) is 15.1 Å². The number of benzene rings is 1. The van der Waals surface area contributed by atoms with E-state index in [9.17, 15) is 0 Å². The normalized spacial score (nSPS) is 10.9. The number of hydrogen-bond acceptors (Lipinski definition) is 2. The maximum absolute atomic E-state index is 6.11. The summed E-state index contributed by atoms with van der Waals surface area (Å²) in [7, 11) is 0. The monoisotopic (exact) mass is 211 g/mol. The predicted molar refractivity (Wildman–Crippen MR) is 59.6 cm³/mol. The third kappa shape index (κ3) is 1.57. The molecule has 2 N–H and O–H groups in total. The molecule has 3 heteroatoms. The summed E-state index contributed by atoms with van der Waals surface area (Å²) in [6, 6.07) is 6.00. The van der Waals surface area contributed by atoms with Crippen molar-refractivity contribution in [1.29, 1.82) is 0 Å². The number of nitrogens with two attached hydrogens (primary N) is 1. The van der Waals surface area contributed by atoms with Crippen molar-refractivity contribution in [1.82, 2.24) is 0 Å². The molecule has 0 aliphatic carbocycles. The van der Waals surface area contributed by atoms with Crippen LogP contribution in [0.25, 0.3) is 10.1 Å². The van der Waals surface area contributed by atoms with E-state index in [0.717, 1.165) is 11.4 Å². The first-order chi connectivity index (χ1) is 6.33. The van der Waals surface area contributed by atoms with Crippen LogP contribution >= 0.6 is 22.9 Å². The van der Waals surface area contributed by atoms with Gasteiger partial charge in [-0.1, -0.05) is 17.7 Å². The molecule has 0 spiro atoms. The van der Waals surface area contributed by atoms with Crippen LogP contribution in [0.5, 0.6) is 0 Å². The first kappa shape index (κ1) is 9.00. The highest BCUT2D eigenvalue weighted by molar-refractivity contribution is 7.17. The van der Waals surface area contributed by atoms with Crippen molar-refractivity contribution < 1.29 is 0 Å². The highest BCUT2D eigenvalue weighted by atomic mass is 35.5.